The lowest BCUT2D eigenvalue weighted by Crippen LogP contribution is -2.41. The van der Waals surface area contributed by atoms with Gasteiger partial charge in [0.1, 0.15) is 23.6 Å². The van der Waals surface area contributed by atoms with Crippen LogP contribution >= 0.6 is 8.18 Å². The van der Waals surface area contributed by atoms with Crippen molar-refractivity contribution in [3.05, 3.63) is 36.7 Å². The number of aliphatic hydroxyl groups excluding tert-OH is 1. The highest BCUT2D eigenvalue weighted by Crippen LogP contribution is 2.44. The highest BCUT2D eigenvalue weighted by atomic mass is 31.1. The highest BCUT2D eigenvalue weighted by Gasteiger charge is 2.56. The van der Waals surface area contributed by atoms with E-state index in [4.69, 9.17) is 24.6 Å². The van der Waals surface area contributed by atoms with Gasteiger partial charge >= 0.3 is 14.1 Å². The van der Waals surface area contributed by atoms with E-state index in [1.165, 1.54) is 31.9 Å². The van der Waals surface area contributed by atoms with Crippen molar-refractivity contribution in [3.8, 4) is 5.75 Å². The van der Waals surface area contributed by atoms with Crippen molar-refractivity contribution in [2.45, 2.75) is 75.7 Å². The Morgan fingerprint density at radius 2 is 2.05 bits per heavy atom. The average molecular weight is 607 g/mol. The van der Waals surface area contributed by atoms with Gasteiger partial charge < -0.3 is 30.5 Å². The van der Waals surface area contributed by atoms with Crippen molar-refractivity contribution in [1.82, 2.24) is 24.4 Å². The normalized spacial score (nSPS) is 25.6. The van der Waals surface area contributed by atoms with Crippen molar-refractivity contribution in [2.75, 3.05) is 24.8 Å². The van der Waals surface area contributed by atoms with Crippen molar-refractivity contribution in [3.63, 3.8) is 0 Å². The molecule has 1 saturated carbocycles. The molecule has 16 heteroatoms. The monoisotopic (exact) mass is 606 g/mol. The standard InChI is InChI=1S/C26H34FN7O7P/c1-15(23(36)38-3)34(41-17-11-5-4-6-12-17)42(37)39-13-18-20(35)26(2,27)24(40-18)33-14-29-19-21(30-16-9-7-8-10-16)31-25(28)32-22(19)33/h4-6,11-12,14-16,18,20,24,35H,7-10,13H2,1-3H3,(H3,28,30,31,32)/q+1/t15?,18-,20-,24-,26-/m1/s1. The molecule has 2 fully saturated rings. The summed E-state index contributed by atoms with van der Waals surface area (Å²) in [6, 6.07) is 7.45. The number of anilines is 2. The number of alkyl halides is 1. The summed E-state index contributed by atoms with van der Waals surface area (Å²) in [4.78, 5) is 31.6. The van der Waals surface area contributed by atoms with E-state index < -0.39 is 50.9 Å². The van der Waals surface area contributed by atoms with Gasteiger partial charge in [0.05, 0.1) is 13.4 Å². The lowest BCUT2D eigenvalue weighted by molar-refractivity contribution is -0.152. The lowest BCUT2D eigenvalue weighted by Gasteiger charge is -2.24. The number of nitrogens with zero attached hydrogens (tertiary/aromatic N) is 5. The van der Waals surface area contributed by atoms with E-state index in [0.29, 0.717) is 17.1 Å². The number of methoxy groups -OCH3 is 1. The van der Waals surface area contributed by atoms with Crippen LogP contribution in [0.15, 0.2) is 36.7 Å². The van der Waals surface area contributed by atoms with E-state index in [9.17, 15) is 14.5 Å². The molecule has 0 amide bonds. The number of fused-ring (bicyclic) bond motifs is 1. The smallest absolute Gasteiger partial charge is 0.468 e. The molecule has 6 atom stereocenters. The minimum Gasteiger partial charge on any atom is -0.468 e. The summed E-state index contributed by atoms with van der Waals surface area (Å²) < 4.78 is 46.7. The topological polar surface area (TPSA) is 176 Å². The van der Waals surface area contributed by atoms with Crippen LogP contribution in [0.25, 0.3) is 11.2 Å². The molecule has 1 aliphatic heterocycles. The Morgan fingerprint density at radius 1 is 1.33 bits per heavy atom. The quantitative estimate of drug-likeness (QED) is 0.165. The van der Waals surface area contributed by atoms with Crippen LogP contribution in [-0.2, 0) is 23.4 Å². The molecule has 5 rings (SSSR count). The second-order valence-electron chi connectivity index (χ2n) is 10.4. The number of para-hydroxylation sites is 1. The second kappa shape index (κ2) is 12.4. The number of hydroxylamine groups is 1. The number of rotatable bonds is 11. The second-order valence-corrected chi connectivity index (χ2v) is 11.6. The first-order chi connectivity index (χ1) is 20.1. The molecule has 0 spiro atoms. The number of carbonyl (C=O) groups excluding carboxylic acids is 1. The van der Waals surface area contributed by atoms with Crippen molar-refractivity contribution in [2.24, 2.45) is 0 Å². The molecule has 2 unspecified atom stereocenters. The number of nitrogen functional groups attached to an aromatic ring is 1. The van der Waals surface area contributed by atoms with E-state index in [-0.39, 0.29) is 17.6 Å². The van der Waals surface area contributed by atoms with Crippen LogP contribution < -0.4 is 15.9 Å². The van der Waals surface area contributed by atoms with E-state index in [2.05, 4.69) is 20.3 Å². The highest BCUT2D eigenvalue weighted by molar-refractivity contribution is 7.36. The Bertz CT molecular complexity index is 1420. The summed E-state index contributed by atoms with van der Waals surface area (Å²) in [5.41, 5.74) is 4.27. The van der Waals surface area contributed by atoms with Gasteiger partial charge in [0.25, 0.3) is 0 Å². The molecule has 3 aromatic rings. The Hall–Kier alpha value is -3.49. The number of hydrogen-bond acceptors (Lipinski definition) is 12. The van der Waals surface area contributed by atoms with Gasteiger partial charge in [-0.05, 0) is 43.4 Å². The number of carbonyl (C=O) groups is 1. The van der Waals surface area contributed by atoms with E-state index in [1.807, 2.05) is 0 Å². The maximum Gasteiger partial charge on any atom is 0.653 e. The first kappa shape index (κ1) is 30.0. The predicted octanol–water partition coefficient (Wildman–Crippen LogP) is 3.28. The first-order valence-electron chi connectivity index (χ1n) is 13.6. The Balaban J connectivity index is 1.33. The molecule has 2 aliphatic rings. The summed E-state index contributed by atoms with van der Waals surface area (Å²) in [7, 11) is -1.65. The molecular formula is C26H34FN7O7P+. The molecule has 226 valence electrons. The SMILES string of the molecule is COC(=O)C(C)N(Oc1ccccc1)[P+](=O)OC[C@H]1O[C@@H](n2cnc3c(NC4CCCC4)nc(N)nc32)[C@](C)(F)[C@@H]1O. The molecule has 4 N–H and O–H groups in total. The van der Waals surface area contributed by atoms with Crippen molar-refractivity contribution in [1.29, 1.82) is 0 Å². The van der Waals surface area contributed by atoms with Crippen LogP contribution in [0, 0.1) is 0 Å². The summed E-state index contributed by atoms with van der Waals surface area (Å²) in [5.74, 6) is -0.0124. The van der Waals surface area contributed by atoms with Crippen LogP contribution in [0.3, 0.4) is 0 Å². The summed E-state index contributed by atoms with van der Waals surface area (Å²) in [5, 5.41) is 14.2. The molecule has 0 radical (unpaired) electrons. The maximum absolute atomic E-state index is 16.1. The summed E-state index contributed by atoms with van der Waals surface area (Å²) in [6.07, 6.45) is 1.25. The third-order valence-corrected chi connectivity index (χ3v) is 8.55. The summed E-state index contributed by atoms with van der Waals surface area (Å²) >= 11 is 0. The van der Waals surface area contributed by atoms with E-state index in [1.54, 1.807) is 30.3 Å². The van der Waals surface area contributed by atoms with Gasteiger partial charge in [-0.3, -0.25) is 9.36 Å². The van der Waals surface area contributed by atoms with Gasteiger partial charge in [0.15, 0.2) is 40.7 Å². The molecule has 3 heterocycles. The molecule has 0 bridgehead atoms. The van der Waals surface area contributed by atoms with Gasteiger partial charge in [-0.15, -0.1) is 4.52 Å². The van der Waals surface area contributed by atoms with E-state index >= 15 is 4.39 Å². The fourth-order valence-corrected chi connectivity index (χ4v) is 6.04. The molecular weight excluding hydrogens is 572 g/mol. The third-order valence-electron chi connectivity index (χ3n) is 7.43. The number of hydrogen-bond donors (Lipinski definition) is 3. The van der Waals surface area contributed by atoms with Gasteiger partial charge in [-0.1, -0.05) is 31.0 Å². The first-order valence-corrected chi connectivity index (χ1v) is 14.7. The largest absolute Gasteiger partial charge is 0.653 e. The van der Waals surface area contributed by atoms with Crippen molar-refractivity contribution >= 4 is 37.1 Å². The zero-order valence-electron chi connectivity index (χ0n) is 23.4. The fraction of sp³-hybridized carbons (Fsp3) is 0.538. The molecule has 42 heavy (non-hydrogen) atoms. The minimum atomic E-state index is -2.83. The maximum atomic E-state index is 16.1. The Morgan fingerprint density at radius 3 is 2.74 bits per heavy atom. The summed E-state index contributed by atoms with van der Waals surface area (Å²) in [6.45, 7) is 2.11. The Kier molecular flexibility index (Phi) is 8.85. The number of nitrogens with two attached hydrogens (primary N) is 1. The lowest BCUT2D eigenvalue weighted by atomic mass is 9.98. The predicted molar refractivity (Wildman–Crippen MR) is 149 cm³/mol. The molecule has 1 saturated heterocycles. The third kappa shape index (κ3) is 6.01. The molecule has 1 aromatic carbocycles. The number of imidazole rings is 1. The van der Waals surface area contributed by atoms with Gasteiger partial charge in [-0.25, -0.2) is 9.37 Å². The molecule has 14 nitrogen and oxygen atoms in total. The van der Waals surface area contributed by atoms with Crippen LogP contribution in [0.2, 0.25) is 0 Å². The number of halogens is 1. The fourth-order valence-electron chi connectivity index (χ4n) is 5.12. The number of ether oxygens (including phenoxy) is 2. The molecule has 2 aromatic heterocycles. The van der Waals surface area contributed by atoms with E-state index in [0.717, 1.165) is 30.5 Å². The minimum absolute atomic E-state index is 0.0287. The molecule has 1 aliphatic carbocycles. The average Bonchev–Trinajstić information content (AvgIpc) is 3.69. The Labute approximate surface area is 242 Å². The number of esters is 1. The van der Waals surface area contributed by atoms with Crippen LogP contribution in [-0.4, -0.2) is 79.1 Å². The zero-order valence-corrected chi connectivity index (χ0v) is 24.3. The number of benzene rings is 1. The van der Waals surface area contributed by atoms with Crippen LogP contribution in [0.4, 0.5) is 16.2 Å². The number of nitrogens with one attached hydrogen (secondary N) is 1. The van der Waals surface area contributed by atoms with Crippen LogP contribution in [0.1, 0.15) is 45.8 Å². The van der Waals surface area contributed by atoms with Gasteiger partial charge in [0.2, 0.25) is 5.95 Å². The van der Waals surface area contributed by atoms with Crippen LogP contribution in [0.5, 0.6) is 5.75 Å². The number of aromatic nitrogens is 4. The van der Waals surface area contributed by atoms with Crippen molar-refractivity contribution < 1.29 is 37.7 Å². The zero-order chi connectivity index (χ0) is 30.0. The van der Waals surface area contributed by atoms with Gasteiger partial charge in [-0.2, -0.15) is 9.97 Å². The number of aliphatic hydroxyl groups is 1. The van der Waals surface area contributed by atoms with Gasteiger partial charge in [0, 0.05) is 6.04 Å².